The Balaban J connectivity index is 1.05. The summed E-state index contributed by atoms with van der Waals surface area (Å²) in [5.41, 5.74) is 21.8. The van der Waals surface area contributed by atoms with E-state index in [-0.39, 0.29) is 0 Å². The summed E-state index contributed by atoms with van der Waals surface area (Å²) in [5.74, 6) is 0.703. The molecule has 0 radical (unpaired) electrons. The predicted octanol–water partition coefficient (Wildman–Crippen LogP) is 16.6. The van der Waals surface area contributed by atoms with Gasteiger partial charge in [0.1, 0.15) is 0 Å². The van der Waals surface area contributed by atoms with Crippen LogP contribution in [0, 0.1) is 0 Å². The van der Waals surface area contributed by atoms with Gasteiger partial charge in [-0.15, -0.1) is 11.3 Å². The van der Waals surface area contributed by atoms with Crippen molar-refractivity contribution < 1.29 is 0 Å². The van der Waals surface area contributed by atoms with Crippen molar-refractivity contribution in [2.45, 2.75) is 10.8 Å². The first kappa shape index (κ1) is 38.6. The second-order valence-corrected chi connectivity index (χ2v) is 19.7. The minimum absolute atomic E-state index is 0.518. The molecule has 2 aromatic heterocycles. The van der Waals surface area contributed by atoms with E-state index in [4.69, 9.17) is 9.97 Å². The van der Waals surface area contributed by atoms with Crippen molar-refractivity contribution in [3.63, 3.8) is 0 Å². The van der Waals surface area contributed by atoms with Gasteiger partial charge in [-0.3, -0.25) is 0 Å². The van der Waals surface area contributed by atoms with Crippen LogP contribution in [0.5, 0.6) is 0 Å². The fourth-order valence-corrected chi connectivity index (χ4v) is 14.0. The monoisotopic (exact) mass is 892 g/mol. The molecule has 69 heavy (non-hydrogen) atoms. The SMILES string of the molecule is c1ccc(-c2ccc(-c3cc(-c4cccc5c4-c4c(ccc6c4sc4ccccc46)C54c5ccccc5C5(c6ccccc6-c6ccccc65)c5ccccc54)nc(-c4ccccc4)n3)cc2)cc1. The summed E-state index contributed by atoms with van der Waals surface area (Å²) < 4.78 is 2.60. The summed E-state index contributed by atoms with van der Waals surface area (Å²) in [7, 11) is 0. The summed E-state index contributed by atoms with van der Waals surface area (Å²) in [6.45, 7) is 0. The summed E-state index contributed by atoms with van der Waals surface area (Å²) in [6.07, 6.45) is 0. The average molecular weight is 893 g/mol. The van der Waals surface area contributed by atoms with Crippen LogP contribution in [0.3, 0.4) is 0 Å². The van der Waals surface area contributed by atoms with Crippen molar-refractivity contribution >= 4 is 31.5 Å². The molecule has 0 saturated heterocycles. The molecule has 0 N–H and O–H groups in total. The van der Waals surface area contributed by atoms with Gasteiger partial charge in [-0.25, -0.2) is 9.97 Å². The van der Waals surface area contributed by atoms with Crippen LogP contribution in [-0.2, 0) is 10.8 Å². The number of hydrogen-bond donors (Lipinski definition) is 0. The summed E-state index contributed by atoms with van der Waals surface area (Å²) in [6, 6.07) is 89.8. The highest BCUT2D eigenvalue weighted by Crippen LogP contribution is 2.69. The molecule has 3 aliphatic rings. The lowest BCUT2D eigenvalue weighted by Gasteiger charge is -2.48. The van der Waals surface area contributed by atoms with Crippen LogP contribution >= 0.6 is 11.3 Å². The van der Waals surface area contributed by atoms with E-state index in [2.05, 4.69) is 243 Å². The standard InChI is InChI=1S/C66H40N2S/c1-3-18-41(19-4-1)42-34-36-43(37-35-42)58-40-59(68-64(67-58)44-20-5-2-6-21-44)49-25-17-32-56-61(49)62-57(39-38-48-47-24-9-16-33-60(47)69-63(48)62)66(56)54-30-14-12-28-52(54)65(53-29-13-15-31-55(53)66)50-26-10-7-22-45(50)46-23-8-11-27-51(46)65/h1-40H. The minimum atomic E-state index is -0.651. The lowest BCUT2D eigenvalue weighted by atomic mass is 9.52. The third-order valence-electron chi connectivity index (χ3n) is 15.4. The smallest absolute Gasteiger partial charge is 0.160 e. The van der Waals surface area contributed by atoms with Crippen molar-refractivity contribution in [2.24, 2.45) is 0 Å². The Hall–Kier alpha value is -8.50. The number of nitrogens with zero attached hydrogens (tertiary/aromatic N) is 2. The molecule has 3 aliphatic carbocycles. The molecule has 0 amide bonds. The third kappa shape index (κ3) is 5.15. The minimum Gasteiger partial charge on any atom is -0.228 e. The predicted molar refractivity (Wildman–Crippen MR) is 285 cm³/mol. The molecule has 0 saturated carbocycles. The Bertz CT molecular complexity index is 3980. The molecule has 0 fully saturated rings. The molecular formula is C66H40N2S. The Morgan fingerprint density at radius 2 is 0.754 bits per heavy atom. The van der Waals surface area contributed by atoms with Gasteiger partial charge in [0, 0.05) is 42.4 Å². The highest BCUT2D eigenvalue weighted by atomic mass is 32.1. The average Bonchev–Trinajstić information content (AvgIpc) is 4.06. The molecule has 3 heteroatoms. The zero-order chi connectivity index (χ0) is 45.3. The van der Waals surface area contributed by atoms with Crippen LogP contribution in [-0.4, -0.2) is 9.97 Å². The van der Waals surface area contributed by atoms with E-state index in [0.29, 0.717) is 5.82 Å². The zero-order valence-electron chi connectivity index (χ0n) is 37.4. The molecule has 2 spiro atoms. The largest absolute Gasteiger partial charge is 0.228 e. The number of hydrogen-bond acceptors (Lipinski definition) is 3. The van der Waals surface area contributed by atoms with E-state index in [1.807, 2.05) is 11.3 Å². The molecule has 2 heterocycles. The van der Waals surface area contributed by atoms with Crippen molar-refractivity contribution in [1.29, 1.82) is 0 Å². The maximum atomic E-state index is 5.56. The van der Waals surface area contributed by atoms with Crippen molar-refractivity contribution in [2.75, 3.05) is 0 Å². The van der Waals surface area contributed by atoms with Crippen LogP contribution in [0.4, 0.5) is 0 Å². The topological polar surface area (TPSA) is 25.8 Å². The fourth-order valence-electron chi connectivity index (χ4n) is 12.7. The zero-order valence-corrected chi connectivity index (χ0v) is 38.2. The lowest BCUT2D eigenvalue weighted by molar-refractivity contribution is 0.633. The first-order valence-electron chi connectivity index (χ1n) is 23.8. The Morgan fingerprint density at radius 3 is 1.41 bits per heavy atom. The molecule has 0 unspecified atom stereocenters. The molecule has 0 bridgehead atoms. The summed E-state index contributed by atoms with van der Waals surface area (Å²) in [5, 5.41) is 2.57. The molecule has 15 rings (SSSR count). The molecule has 2 nitrogen and oxygen atoms in total. The second kappa shape index (κ2) is 14.5. The van der Waals surface area contributed by atoms with Crippen molar-refractivity contribution in [3.05, 3.63) is 287 Å². The van der Waals surface area contributed by atoms with Crippen molar-refractivity contribution in [3.8, 4) is 67.3 Å². The molecule has 12 aromatic rings. The van der Waals surface area contributed by atoms with E-state index < -0.39 is 10.8 Å². The quantitative estimate of drug-likeness (QED) is 0.176. The van der Waals surface area contributed by atoms with Gasteiger partial charge in [-0.1, -0.05) is 231 Å². The van der Waals surface area contributed by atoms with Crippen LogP contribution in [0.1, 0.15) is 44.5 Å². The van der Waals surface area contributed by atoms with Gasteiger partial charge in [0.15, 0.2) is 5.82 Å². The van der Waals surface area contributed by atoms with Gasteiger partial charge in [0.05, 0.1) is 22.2 Å². The highest BCUT2D eigenvalue weighted by molar-refractivity contribution is 7.26. The number of aromatic nitrogens is 2. The number of fused-ring (bicyclic) bond motifs is 20. The lowest BCUT2D eigenvalue weighted by Crippen LogP contribution is -2.43. The van der Waals surface area contributed by atoms with E-state index >= 15 is 0 Å². The van der Waals surface area contributed by atoms with Gasteiger partial charge in [0.25, 0.3) is 0 Å². The van der Waals surface area contributed by atoms with Crippen LogP contribution in [0.15, 0.2) is 243 Å². The number of rotatable bonds is 4. The van der Waals surface area contributed by atoms with Crippen LogP contribution in [0.2, 0.25) is 0 Å². The Kier molecular flexibility index (Phi) is 8.11. The molecular weight excluding hydrogens is 853 g/mol. The van der Waals surface area contributed by atoms with Gasteiger partial charge in [-0.05, 0) is 84.5 Å². The van der Waals surface area contributed by atoms with Crippen LogP contribution < -0.4 is 0 Å². The van der Waals surface area contributed by atoms with Gasteiger partial charge >= 0.3 is 0 Å². The van der Waals surface area contributed by atoms with E-state index in [0.717, 1.165) is 28.1 Å². The fraction of sp³-hybridized carbons (Fsp3) is 0.0303. The maximum absolute atomic E-state index is 5.56. The first-order chi connectivity index (χ1) is 34.2. The summed E-state index contributed by atoms with van der Waals surface area (Å²) >= 11 is 1.91. The molecule has 0 atom stereocenters. The number of thiophene rings is 1. The Morgan fingerprint density at radius 1 is 0.290 bits per heavy atom. The molecule has 10 aromatic carbocycles. The van der Waals surface area contributed by atoms with Gasteiger partial charge < -0.3 is 0 Å². The Labute approximate surface area is 404 Å². The first-order valence-corrected chi connectivity index (χ1v) is 24.6. The van der Waals surface area contributed by atoms with E-state index in [1.54, 1.807) is 0 Å². The second-order valence-electron chi connectivity index (χ2n) is 18.6. The third-order valence-corrected chi connectivity index (χ3v) is 16.6. The molecule has 320 valence electrons. The van der Waals surface area contributed by atoms with Gasteiger partial charge in [-0.2, -0.15) is 0 Å². The van der Waals surface area contributed by atoms with Crippen molar-refractivity contribution in [1.82, 2.24) is 9.97 Å². The van der Waals surface area contributed by atoms with Crippen LogP contribution in [0.25, 0.3) is 87.5 Å². The number of benzene rings is 10. The molecule has 0 aliphatic heterocycles. The van der Waals surface area contributed by atoms with E-state index in [9.17, 15) is 0 Å². The summed E-state index contributed by atoms with van der Waals surface area (Å²) in [4.78, 5) is 10.9. The van der Waals surface area contributed by atoms with Gasteiger partial charge in [0.2, 0.25) is 0 Å². The normalized spacial score (nSPS) is 14.0. The van der Waals surface area contributed by atoms with E-state index in [1.165, 1.54) is 98.1 Å². The highest BCUT2D eigenvalue weighted by Gasteiger charge is 2.59. The maximum Gasteiger partial charge on any atom is 0.160 e.